The molecule has 3 saturated heterocycles. The molecule has 8 N–H and O–H groups in total. The van der Waals surface area contributed by atoms with E-state index in [4.69, 9.17) is 28.4 Å². The van der Waals surface area contributed by atoms with Crippen molar-refractivity contribution in [2.24, 2.45) is 0 Å². The molecule has 3 heterocycles. The van der Waals surface area contributed by atoms with E-state index in [9.17, 15) is 40.9 Å². The van der Waals surface area contributed by atoms with Gasteiger partial charge in [0, 0.05) is 0 Å². The van der Waals surface area contributed by atoms with Crippen molar-refractivity contribution in [2.45, 2.75) is 124 Å². The Kier molecular flexibility index (Phi) is 11.7. The van der Waals surface area contributed by atoms with E-state index >= 15 is 0 Å². The molecule has 3 rings (SSSR count). The van der Waals surface area contributed by atoms with Gasteiger partial charge < -0.3 is 4.74 Å². The zero-order valence-corrected chi connectivity index (χ0v) is 23.5. The molecule has 14 nitrogen and oxygen atoms in total. The van der Waals surface area contributed by atoms with Gasteiger partial charge in [0.25, 0.3) is 0 Å². The van der Waals surface area contributed by atoms with Crippen LogP contribution < -0.4 is 0 Å². The number of hydrogen-bond donors (Lipinski definition) is 8. The van der Waals surface area contributed by atoms with Gasteiger partial charge in [-0.05, 0) is 13.8 Å². The van der Waals surface area contributed by atoms with Crippen molar-refractivity contribution >= 4 is 0 Å². The first-order valence-corrected chi connectivity index (χ1v) is 13.9. The normalized spacial score (nSPS) is 49.4. The molecular weight excluding hydrogens is 674 g/mol. The second-order valence-corrected chi connectivity index (χ2v) is 11.5. The topological polar surface area (TPSA) is 217 Å². The predicted octanol–water partition coefficient (Wildman–Crippen LogP) is -3.75. The molecule has 0 saturated carbocycles. The fourth-order valence-corrected chi connectivity index (χ4v) is 5.55. The van der Waals surface area contributed by atoms with Crippen LogP contribution in [-0.2, 0) is 47.6 Å². The van der Waals surface area contributed by atoms with Crippen LogP contribution in [0.4, 0.5) is 0 Å². The second-order valence-electron chi connectivity index (χ2n) is 9.68. The summed E-state index contributed by atoms with van der Waals surface area (Å²) in [5, 5.41) is 83.0. The monoisotopic (exact) mass is 714 g/mol. The molecule has 3 aliphatic heterocycles. The van der Waals surface area contributed by atoms with Crippen LogP contribution in [0.15, 0.2) is 0 Å². The van der Waals surface area contributed by atoms with Gasteiger partial charge in [-0.25, -0.2) is 0 Å². The molecule has 0 unspecified atom stereocenters. The van der Waals surface area contributed by atoms with E-state index in [1.807, 2.05) is 0 Å². The summed E-state index contributed by atoms with van der Waals surface area (Å²) in [5.41, 5.74) is 0. The first kappa shape index (κ1) is 31.6. The van der Waals surface area contributed by atoms with E-state index in [0.717, 1.165) is 19.2 Å². The minimum absolute atomic E-state index is 0.349. The molecule has 0 aliphatic carbocycles. The van der Waals surface area contributed by atoms with Crippen LogP contribution in [0.3, 0.4) is 0 Å². The summed E-state index contributed by atoms with van der Waals surface area (Å²) in [6, 6.07) is 0. The first-order valence-electron chi connectivity index (χ1n) is 12.3. The maximum absolute atomic E-state index is 10.9. The summed E-state index contributed by atoms with van der Waals surface area (Å²) in [6.07, 6.45) is -18.5. The van der Waals surface area contributed by atoms with E-state index in [1.165, 1.54) is 0 Å². The fraction of sp³-hybridized carbons (Fsp3) is 1.00. The van der Waals surface area contributed by atoms with Crippen molar-refractivity contribution in [3.8, 4) is 0 Å². The molecule has 0 aromatic rings. The van der Waals surface area contributed by atoms with E-state index < -0.39 is 104 Å². The van der Waals surface area contributed by atoms with Gasteiger partial charge >= 0.3 is 201 Å². The molecule has 0 aromatic heterocycles. The molecule has 3 aliphatic rings. The number of hydrogen-bond acceptors (Lipinski definition) is 14. The van der Waals surface area contributed by atoms with Crippen molar-refractivity contribution in [2.75, 3.05) is 13.2 Å². The molecule has 3 fully saturated rings. The molecule has 0 amide bonds. The average molecular weight is 714 g/mol. The van der Waals surface area contributed by atoms with Crippen LogP contribution >= 0.6 is 0 Å². The van der Waals surface area contributed by atoms with Crippen molar-refractivity contribution < 1.29 is 88.5 Å². The van der Waals surface area contributed by atoms with Crippen LogP contribution in [0.5, 0.6) is 0 Å². The Morgan fingerprint density at radius 3 is 1.59 bits per heavy atom. The number of ether oxygens (including phenoxy) is 6. The number of aliphatic hydroxyl groups excluding tert-OH is 8. The second kappa shape index (κ2) is 13.6. The van der Waals surface area contributed by atoms with E-state index in [0.29, 0.717) is 6.42 Å². The van der Waals surface area contributed by atoms with E-state index in [2.05, 4.69) is 0 Å². The zero-order chi connectivity index (χ0) is 27.6. The standard InChI is InChI=1S/C22H39O14.Re/c1-4-10-14(26)9(25)5-13(32-10)35-19-11(6-23)34-22(18(30)15(19)27)36-20-12(7-24)33-21(31-8(2)3)17(29)16(20)28;/h5,8-30H,4,6-7H2,1-3H3;/t9-,10-,11-,12-,13+,14-,15-,16-,17-,18-,19-,20-,21-,22+;/m1./s1. The zero-order valence-electron chi connectivity index (χ0n) is 20.8. The van der Waals surface area contributed by atoms with E-state index in [-0.39, 0.29) is 6.10 Å². The quantitative estimate of drug-likeness (QED) is 0.115. The van der Waals surface area contributed by atoms with Gasteiger partial charge in [-0.3, -0.25) is 0 Å². The third-order valence-electron chi connectivity index (χ3n) is 6.66. The molecular formula is C22H39O14Re. The van der Waals surface area contributed by atoms with Crippen LogP contribution in [0, 0.1) is 0 Å². The molecule has 37 heavy (non-hydrogen) atoms. The van der Waals surface area contributed by atoms with Crippen LogP contribution in [0.2, 0.25) is 4.39 Å². The van der Waals surface area contributed by atoms with Gasteiger partial charge in [0.05, 0.1) is 6.10 Å². The van der Waals surface area contributed by atoms with Crippen LogP contribution in [0.1, 0.15) is 27.2 Å². The average Bonchev–Trinajstić information content (AvgIpc) is 2.87. The Hall–Kier alpha value is 0.102. The summed E-state index contributed by atoms with van der Waals surface area (Å²) < 4.78 is 33.2. The maximum atomic E-state index is 10.9. The van der Waals surface area contributed by atoms with Crippen molar-refractivity contribution in [1.82, 2.24) is 0 Å². The van der Waals surface area contributed by atoms with Gasteiger partial charge in [0.2, 0.25) is 0 Å². The Bertz CT molecular complexity index is 698. The van der Waals surface area contributed by atoms with Crippen LogP contribution in [-0.4, -0.2) is 146 Å². The van der Waals surface area contributed by atoms with E-state index in [1.54, 1.807) is 20.8 Å². The van der Waals surface area contributed by atoms with Gasteiger partial charge in [0.15, 0.2) is 0 Å². The predicted molar refractivity (Wildman–Crippen MR) is 116 cm³/mol. The van der Waals surface area contributed by atoms with Crippen molar-refractivity contribution in [1.29, 1.82) is 0 Å². The molecule has 0 spiro atoms. The summed E-state index contributed by atoms with van der Waals surface area (Å²) in [5.74, 6) is 0. The van der Waals surface area contributed by atoms with Gasteiger partial charge in [-0.1, -0.05) is 0 Å². The third-order valence-corrected chi connectivity index (χ3v) is 8.33. The summed E-state index contributed by atoms with van der Waals surface area (Å²) in [7, 11) is 0. The molecule has 0 bridgehead atoms. The Labute approximate surface area is 225 Å². The minimum atomic E-state index is -1.75. The molecule has 15 atom stereocenters. The number of rotatable bonds is 9. The molecule has 15 heteroatoms. The summed E-state index contributed by atoms with van der Waals surface area (Å²) in [4.78, 5) is 0. The Balaban J connectivity index is 1.71. The third kappa shape index (κ3) is 6.88. The van der Waals surface area contributed by atoms with Gasteiger partial charge in [-0.15, -0.1) is 0 Å². The Morgan fingerprint density at radius 2 is 1.11 bits per heavy atom. The van der Waals surface area contributed by atoms with Crippen molar-refractivity contribution in [3.63, 3.8) is 0 Å². The van der Waals surface area contributed by atoms with Crippen molar-refractivity contribution in [3.05, 3.63) is 0 Å². The molecule has 218 valence electrons. The molecule has 0 radical (unpaired) electrons. The molecule has 0 aromatic carbocycles. The summed E-state index contributed by atoms with van der Waals surface area (Å²) in [6.45, 7) is 3.87. The fourth-order valence-electron chi connectivity index (χ4n) is 4.59. The van der Waals surface area contributed by atoms with Gasteiger partial charge in [-0.2, -0.15) is 0 Å². The summed E-state index contributed by atoms with van der Waals surface area (Å²) >= 11 is 1.10. The SMILES string of the molecule is CC[C@H]1O[C@@H](O[C@H]2[C@H](O)[C@@H](O)[C@H](O[C@H]3[C@H](O)[C@@H](O)[C@H](OC(C)C)O[C@@H]3CO)O[C@@H]2CO)[C@H]([Re])[C@@H](O)[C@H]1O. The number of aliphatic hydroxyl groups is 8. The van der Waals surface area contributed by atoms with Gasteiger partial charge in [0.1, 0.15) is 0 Å². The van der Waals surface area contributed by atoms with Crippen LogP contribution in [0.25, 0.3) is 0 Å². The Morgan fingerprint density at radius 1 is 0.649 bits per heavy atom. The first-order chi connectivity index (χ1) is 17.4.